The molecule has 0 saturated heterocycles. The minimum Gasteiger partial charge on any atom is -0.310 e. The van der Waals surface area contributed by atoms with E-state index in [1.165, 1.54) is 136 Å². The number of fused-ring (bicyclic) bond motifs is 8. The lowest BCUT2D eigenvalue weighted by atomic mass is 9.63. The molecule has 0 atom stereocenters. The first-order valence-electron chi connectivity index (χ1n) is 24.9. The topological polar surface area (TPSA) is 3.24 Å². The lowest BCUT2D eigenvalue weighted by Gasteiger charge is -2.39. The number of hydrogen-bond acceptors (Lipinski definition) is 2. The molecule has 0 bridgehead atoms. The molecule has 2 heteroatoms. The van der Waals surface area contributed by atoms with Crippen molar-refractivity contribution in [3.8, 4) is 33.4 Å². The zero-order chi connectivity index (χ0) is 48.1. The molecule has 1 aliphatic carbocycles. The van der Waals surface area contributed by atoms with Crippen molar-refractivity contribution in [3.05, 3.63) is 268 Å². The predicted molar refractivity (Wildman–Crippen MR) is 306 cm³/mol. The number of hydrogen-bond donors (Lipinski definition) is 0. The van der Waals surface area contributed by atoms with Crippen LogP contribution in [0.15, 0.2) is 212 Å². The van der Waals surface area contributed by atoms with E-state index >= 15 is 0 Å². The van der Waals surface area contributed by atoms with Gasteiger partial charge in [-0.3, -0.25) is 0 Å². The molecule has 12 aromatic rings. The molecule has 0 radical (unpaired) electrons. The van der Waals surface area contributed by atoms with E-state index in [1.54, 1.807) is 0 Å². The van der Waals surface area contributed by atoms with Gasteiger partial charge in [-0.1, -0.05) is 169 Å². The van der Waals surface area contributed by atoms with E-state index in [2.05, 4.69) is 259 Å². The fourth-order valence-corrected chi connectivity index (χ4v) is 13.9. The van der Waals surface area contributed by atoms with Crippen LogP contribution in [-0.4, -0.2) is 0 Å². The molecule has 1 aromatic heterocycles. The highest BCUT2D eigenvalue weighted by Gasteiger charge is 2.50. The number of nitrogens with zero attached hydrogens (tertiary/aromatic N) is 1. The van der Waals surface area contributed by atoms with Gasteiger partial charge in [0.15, 0.2) is 0 Å². The van der Waals surface area contributed by atoms with Gasteiger partial charge in [-0.25, -0.2) is 0 Å². The first-order chi connectivity index (χ1) is 34.6. The molecule has 0 unspecified atom stereocenters. The van der Waals surface area contributed by atoms with E-state index in [1.807, 2.05) is 11.3 Å². The van der Waals surface area contributed by atoms with Crippen molar-refractivity contribution in [2.45, 2.75) is 47.0 Å². The molecular weight excluding hydrogens is 875 g/mol. The second-order valence-corrected chi connectivity index (χ2v) is 21.1. The van der Waals surface area contributed by atoms with Gasteiger partial charge in [-0.05, 0) is 190 Å². The molecule has 71 heavy (non-hydrogen) atoms. The van der Waals surface area contributed by atoms with Gasteiger partial charge in [0.25, 0.3) is 0 Å². The minimum absolute atomic E-state index is 0.553. The second kappa shape index (κ2) is 16.5. The molecule has 0 N–H and O–H groups in total. The van der Waals surface area contributed by atoms with Gasteiger partial charge in [-0.15, -0.1) is 11.3 Å². The van der Waals surface area contributed by atoms with Gasteiger partial charge in [0.05, 0.1) is 11.1 Å². The Hall–Kier alpha value is -8.04. The van der Waals surface area contributed by atoms with Crippen molar-refractivity contribution in [2.75, 3.05) is 4.90 Å². The third-order valence-corrected chi connectivity index (χ3v) is 16.5. The maximum atomic E-state index is 2.53. The molecule has 0 amide bonds. The average Bonchev–Trinajstić information content (AvgIpc) is 3.89. The zero-order valence-electron chi connectivity index (χ0n) is 41.1. The van der Waals surface area contributed by atoms with E-state index in [0.717, 1.165) is 11.4 Å². The van der Waals surface area contributed by atoms with Crippen LogP contribution in [0.1, 0.15) is 55.6 Å². The summed E-state index contributed by atoms with van der Waals surface area (Å²) in [6.45, 7) is 13.8. The molecule has 1 aliphatic rings. The highest BCUT2D eigenvalue weighted by atomic mass is 32.1. The summed E-state index contributed by atoms with van der Waals surface area (Å²) in [5.41, 5.74) is 23.5. The van der Waals surface area contributed by atoms with Crippen LogP contribution >= 0.6 is 11.3 Å². The van der Waals surface area contributed by atoms with Crippen LogP contribution in [0, 0.1) is 41.5 Å². The number of rotatable bonds is 7. The predicted octanol–water partition coefficient (Wildman–Crippen LogP) is 19.4. The van der Waals surface area contributed by atoms with Gasteiger partial charge in [0.1, 0.15) is 0 Å². The lowest BCUT2D eigenvalue weighted by Crippen LogP contribution is -2.32. The summed E-state index contributed by atoms with van der Waals surface area (Å²) in [5, 5.41) is 7.60. The van der Waals surface area contributed by atoms with Crippen LogP contribution in [0.25, 0.3) is 75.1 Å². The number of aryl methyl sites for hydroxylation is 6. The highest BCUT2D eigenvalue weighted by Crippen LogP contribution is 2.62. The summed E-state index contributed by atoms with van der Waals surface area (Å²) in [6.07, 6.45) is 0. The SMILES string of the molecule is Cc1cc(C)c(C2(c3c(C)cc(C)cc3C)c3ccccc3-c3c(N(c4ccc(-c5ccc6cc(-c7ccc8ccccc8c7)ccc6c5)cc4)c4ccc5c(c4)sc4ccccc45)cccc32)c(C)c1. The largest absolute Gasteiger partial charge is 0.310 e. The molecule has 0 spiro atoms. The number of thiophene rings is 1. The molecular formula is C69H53NS. The highest BCUT2D eigenvalue weighted by molar-refractivity contribution is 7.25. The Labute approximate surface area is 421 Å². The smallest absolute Gasteiger partial charge is 0.0724 e. The Balaban J connectivity index is 0.995. The van der Waals surface area contributed by atoms with Gasteiger partial charge in [0, 0.05) is 37.1 Å². The maximum absolute atomic E-state index is 2.53. The minimum atomic E-state index is -0.553. The van der Waals surface area contributed by atoms with Crippen LogP contribution < -0.4 is 4.90 Å². The van der Waals surface area contributed by atoms with E-state index in [9.17, 15) is 0 Å². The van der Waals surface area contributed by atoms with Crippen molar-refractivity contribution >= 4 is 70.1 Å². The Kier molecular flexibility index (Phi) is 10.0. The Morgan fingerprint density at radius 2 is 0.845 bits per heavy atom. The molecule has 13 rings (SSSR count). The van der Waals surface area contributed by atoms with Crippen LogP contribution in [-0.2, 0) is 5.41 Å². The molecule has 1 nitrogen and oxygen atoms in total. The van der Waals surface area contributed by atoms with Gasteiger partial charge in [0.2, 0.25) is 0 Å². The normalized spacial score (nSPS) is 12.8. The van der Waals surface area contributed by atoms with Crippen molar-refractivity contribution in [3.63, 3.8) is 0 Å². The first kappa shape index (κ1) is 43.0. The zero-order valence-corrected chi connectivity index (χ0v) is 41.9. The van der Waals surface area contributed by atoms with Gasteiger partial charge in [-0.2, -0.15) is 0 Å². The summed E-state index contributed by atoms with van der Waals surface area (Å²) in [5.74, 6) is 0. The molecule has 0 saturated carbocycles. The van der Waals surface area contributed by atoms with Crippen LogP contribution in [0.3, 0.4) is 0 Å². The van der Waals surface area contributed by atoms with E-state index in [-0.39, 0.29) is 0 Å². The van der Waals surface area contributed by atoms with Crippen LogP contribution in [0.4, 0.5) is 17.1 Å². The fraction of sp³-hybridized carbons (Fsp3) is 0.101. The van der Waals surface area contributed by atoms with Crippen molar-refractivity contribution in [2.24, 2.45) is 0 Å². The van der Waals surface area contributed by atoms with Crippen LogP contribution in [0.5, 0.6) is 0 Å². The van der Waals surface area contributed by atoms with Crippen LogP contribution in [0.2, 0.25) is 0 Å². The Bertz CT molecular complexity index is 4030. The monoisotopic (exact) mass is 927 g/mol. The Morgan fingerprint density at radius 1 is 0.352 bits per heavy atom. The summed E-state index contributed by atoms with van der Waals surface area (Å²) in [7, 11) is 0. The molecule has 0 aliphatic heterocycles. The third kappa shape index (κ3) is 6.80. The van der Waals surface area contributed by atoms with Crippen molar-refractivity contribution in [1.82, 2.24) is 0 Å². The number of anilines is 3. The second-order valence-electron chi connectivity index (χ2n) is 20.0. The average molecular weight is 928 g/mol. The quantitative estimate of drug-likeness (QED) is 0.154. The summed E-state index contributed by atoms with van der Waals surface area (Å²) >= 11 is 1.87. The Morgan fingerprint density at radius 3 is 1.51 bits per heavy atom. The molecule has 340 valence electrons. The van der Waals surface area contributed by atoms with Gasteiger partial charge >= 0.3 is 0 Å². The fourth-order valence-electron chi connectivity index (χ4n) is 12.8. The first-order valence-corrected chi connectivity index (χ1v) is 25.7. The van der Waals surface area contributed by atoms with E-state index < -0.39 is 5.41 Å². The summed E-state index contributed by atoms with van der Waals surface area (Å²) in [6, 6.07) is 80.2. The van der Waals surface area contributed by atoms with E-state index in [4.69, 9.17) is 0 Å². The third-order valence-electron chi connectivity index (χ3n) is 15.4. The van der Waals surface area contributed by atoms with Crippen molar-refractivity contribution < 1.29 is 0 Å². The summed E-state index contributed by atoms with van der Waals surface area (Å²) in [4.78, 5) is 2.53. The molecule has 0 fully saturated rings. The molecule has 11 aromatic carbocycles. The van der Waals surface area contributed by atoms with Crippen molar-refractivity contribution in [1.29, 1.82) is 0 Å². The maximum Gasteiger partial charge on any atom is 0.0724 e. The number of benzene rings is 11. The summed E-state index contributed by atoms with van der Waals surface area (Å²) < 4.78 is 2.59. The lowest BCUT2D eigenvalue weighted by molar-refractivity contribution is 0.738. The standard InChI is InChI=1S/C69H53NS/c1-42-34-44(3)67(45(4)35-42)69(68-46(5)36-43(2)37-47(68)6)61-18-11-9-17-60(61)66-62(69)19-13-20-63(66)70(57-32-33-59-58-16-10-12-21-64(58)71-65(59)41-57)56-30-28-49(29-31-56)51-24-25-54-40-55(27-26-53(54)39-51)52-23-22-48-14-7-8-15-50(48)38-52/h7-41H,1-6H3. The molecule has 1 heterocycles. The van der Waals surface area contributed by atoms with E-state index in [0.29, 0.717) is 0 Å². The van der Waals surface area contributed by atoms with Gasteiger partial charge < -0.3 is 4.90 Å².